The second-order valence-corrected chi connectivity index (χ2v) is 4.14. The summed E-state index contributed by atoms with van der Waals surface area (Å²) < 4.78 is 0. The third kappa shape index (κ3) is 4.24. The summed E-state index contributed by atoms with van der Waals surface area (Å²) >= 11 is 1.64. The zero-order valence-corrected chi connectivity index (χ0v) is 8.81. The van der Waals surface area contributed by atoms with E-state index in [1.54, 1.807) is 11.3 Å². The Morgan fingerprint density at radius 3 is 3.15 bits per heavy atom. The number of nitrogens with zero attached hydrogens (tertiary/aromatic N) is 1. The molecule has 0 aromatic carbocycles. The van der Waals surface area contributed by atoms with Crippen LogP contribution in [0, 0.1) is 5.92 Å². The molecule has 13 heavy (non-hydrogen) atoms. The van der Waals surface area contributed by atoms with Crippen molar-refractivity contribution in [1.82, 2.24) is 4.98 Å². The van der Waals surface area contributed by atoms with Gasteiger partial charge in [-0.25, -0.2) is 4.98 Å². The maximum atomic E-state index is 5.52. The van der Waals surface area contributed by atoms with E-state index in [0.29, 0.717) is 5.92 Å². The first kappa shape index (κ1) is 10.5. The van der Waals surface area contributed by atoms with Gasteiger partial charge in [-0.1, -0.05) is 6.92 Å². The molecule has 3 N–H and O–H groups in total. The molecule has 1 unspecified atom stereocenters. The van der Waals surface area contributed by atoms with Crippen molar-refractivity contribution >= 4 is 16.5 Å². The van der Waals surface area contributed by atoms with Crippen molar-refractivity contribution < 1.29 is 0 Å². The van der Waals surface area contributed by atoms with Gasteiger partial charge < -0.3 is 11.1 Å². The van der Waals surface area contributed by atoms with Gasteiger partial charge in [0.05, 0.1) is 0 Å². The first-order valence-electron chi connectivity index (χ1n) is 4.66. The van der Waals surface area contributed by atoms with Crippen LogP contribution in [-0.2, 0) is 0 Å². The van der Waals surface area contributed by atoms with E-state index in [-0.39, 0.29) is 0 Å². The fourth-order valence-corrected chi connectivity index (χ4v) is 1.63. The Balaban J connectivity index is 2.02. The van der Waals surface area contributed by atoms with Gasteiger partial charge in [-0.2, -0.15) is 0 Å². The molecule has 0 aliphatic rings. The van der Waals surface area contributed by atoms with Gasteiger partial charge >= 0.3 is 0 Å². The van der Waals surface area contributed by atoms with Crippen LogP contribution in [0.25, 0.3) is 0 Å². The lowest BCUT2D eigenvalue weighted by Gasteiger charge is -2.07. The lowest BCUT2D eigenvalue weighted by Crippen LogP contribution is -2.12. The smallest absolute Gasteiger partial charge is 0.182 e. The summed E-state index contributed by atoms with van der Waals surface area (Å²) in [6.45, 7) is 3.97. The molecule has 1 aromatic heterocycles. The van der Waals surface area contributed by atoms with Crippen LogP contribution in [0.5, 0.6) is 0 Å². The van der Waals surface area contributed by atoms with E-state index in [4.69, 9.17) is 5.73 Å². The Hall–Kier alpha value is -0.610. The highest BCUT2D eigenvalue weighted by molar-refractivity contribution is 7.13. The molecule has 0 spiro atoms. The molecule has 0 saturated carbocycles. The fraction of sp³-hybridized carbons (Fsp3) is 0.667. The molecule has 0 saturated heterocycles. The van der Waals surface area contributed by atoms with Gasteiger partial charge in [-0.15, -0.1) is 11.3 Å². The number of anilines is 1. The van der Waals surface area contributed by atoms with Crippen molar-refractivity contribution in [3.8, 4) is 0 Å². The van der Waals surface area contributed by atoms with E-state index >= 15 is 0 Å². The van der Waals surface area contributed by atoms with Gasteiger partial charge in [-0.05, 0) is 25.3 Å². The van der Waals surface area contributed by atoms with Gasteiger partial charge in [0, 0.05) is 18.1 Å². The molecule has 1 aromatic rings. The topological polar surface area (TPSA) is 50.9 Å². The van der Waals surface area contributed by atoms with Gasteiger partial charge in [0.2, 0.25) is 0 Å². The molecule has 74 valence electrons. The molecule has 1 heterocycles. The largest absolute Gasteiger partial charge is 0.362 e. The summed E-state index contributed by atoms with van der Waals surface area (Å²) in [6.07, 6.45) is 4.17. The van der Waals surface area contributed by atoms with Gasteiger partial charge in [-0.3, -0.25) is 0 Å². The molecule has 0 radical (unpaired) electrons. The summed E-state index contributed by atoms with van der Waals surface area (Å²) in [7, 11) is 0. The lowest BCUT2D eigenvalue weighted by atomic mass is 10.1. The van der Waals surface area contributed by atoms with Crippen molar-refractivity contribution in [1.29, 1.82) is 0 Å². The Morgan fingerprint density at radius 1 is 1.69 bits per heavy atom. The Morgan fingerprint density at radius 2 is 2.54 bits per heavy atom. The number of rotatable bonds is 6. The number of hydrogen-bond donors (Lipinski definition) is 2. The van der Waals surface area contributed by atoms with Crippen molar-refractivity contribution in [2.24, 2.45) is 11.7 Å². The van der Waals surface area contributed by atoms with Crippen LogP contribution < -0.4 is 11.1 Å². The van der Waals surface area contributed by atoms with E-state index in [9.17, 15) is 0 Å². The molecule has 0 fully saturated rings. The number of nitrogens with one attached hydrogen (secondary N) is 1. The standard InChI is InChI=1S/C9H17N3S/c1-8(7-10)3-2-4-11-9-12-5-6-13-9/h5-6,8H,2-4,7,10H2,1H3,(H,11,12). The van der Waals surface area contributed by atoms with Crippen LogP contribution in [0.2, 0.25) is 0 Å². The maximum absolute atomic E-state index is 5.52. The Labute approximate surface area is 83.4 Å². The molecular formula is C9H17N3S. The molecule has 1 atom stereocenters. The van der Waals surface area contributed by atoms with E-state index in [1.807, 2.05) is 11.6 Å². The predicted octanol–water partition coefficient (Wildman–Crippen LogP) is 1.93. The normalized spacial score (nSPS) is 12.8. The number of aromatic nitrogens is 1. The minimum atomic E-state index is 0.637. The monoisotopic (exact) mass is 199 g/mol. The fourth-order valence-electron chi connectivity index (χ4n) is 1.07. The van der Waals surface area contributed by atoms with Crippen LogP contribution in [0.4, 0.5) is 5.13 Å². The van der Waals surface area contributed by atoms with Crippen LogP contribution in [0.15, 0.2) is 11.6 Å². The third-order valence-corrected chi connectivity index (χ3v) is 2.72. The first-order valence-corrected chi connectivity index (χ1v) is 5.54. The van der Waals surface area contributed by atoms with Gasteiger partial charge in [0.25, 0.3) is 0 Å². The van der Waals surface area contributed by atoms with Gasteiger partial charge in [0.15, 0.2) is 5.13 Å². The zero-order valence-electron chi connectivity index (χ0n) is 7.99. The van der Waals surface area contributed by atoms with Crippen LogP contribution >= 0.6 is 11.3 Å². The number of nitrogens with two attached hydrogens (primary N) is 1. The summed E-state index contributed by atoms with van der Waals surface area (Å²) in [5.74, 6) is 0.637. The SMILES string of the molecule is CC(CN)CCCNc1nccs1. The summed E-state index contributed by atoms with van der Waals surface area (Å²) in [6, 6.07) is 0. The van der Waals surface area contributed by atoms with Crippen LogP contribution in [0.1, 0.15) is 19.8 Å². The minimum Gasteiger partial charge on any atom is -0.362 e. The molecule has 0 bridgehead atoms. The van der Waals surface area contributed by atoms with Crippen molar-refractivity contribution in [3.63, 3.8) is 0 Å². The molecule has 0 aliphatic heterocycles. The highest BCUT2D eigenvalue weighted by Gasteiger charge is 1.98. The number of hydrogen-bond acceptors (Lipinski definition) is 4. The first-order chi connectivity index (χ1) is 6.33. The molecule has 1 rings (SSSR count). The second-order valence-electron chi connectivity index (χ2n) is 3.25. The van der Waals surface area contributed by atoms with Crippen molar-refractivity contribution in [2.45, 2.75) is 19.8 Å². The van der Waals surface area contributed by atoms with Crippen LogP contribution in [-0.4, -0.2) is 18.1 Å². The predicted molar refractivity (Wildman–Crippen MR) is 58.1 cm³/mol. The van der Waals surface area contributed by atoms with Crippen molar-refractivity contribution in [3.05, 3.63) is 11.6 Å². The third-order valence-electron chi connectivity index (χ3n) is 1.98. The molecule has 0 amide bonds. The highest BCUT2D eigenvalue weighted by atomic mass is 32.1. The molecule has 0 aliphatic carbocycles. The lowest BCUT2D eigenvalue weighted by molar-refractivity contribution is 0.529. The highest BCUT2D eigenvalue weighted by Crippen LogP contribution is 2.10. The summed E-state index contributed by atoms with van der Waals surface area (Å²) in [5, 5.41) is 6.26. The molecule has 3 nitrogen and oxygen atoms in total. The quantitative estimate of drug-likeness (QED) is 0.688. The van der Waals surface area contributed by atoms with Crippen molar-refractivity contribution in [2.75, 3.05) is 18.4 Å². The van der Waals surface area contributed by atoms with E-state index in [1.165, 1.54) is 6.42 Å². The van der Waals surface area contributed by atoms with Gasteiger partial charge in [0.1, 0.15) is 0 Å². The second kappa shape index (κ2) is 5.94. The minimum absolute atomic E-state index is 0.637. The van der Waals surface area contributed by atoms with E-state index in [0.717, 1.165) is 24.6 Å². The van der Waals surface area contributed by atoms with E-state index < -0.39 is 0 Å². The van der Waals surface area contributed by atoms with Crippen LogP contribution in [0.3, 0.4) is 0 Å². The Bertz CT molecular complexity index is 211. The number of thiazole rings is 1. The average molecular weight is 199 g/mol. The Kier molecular flexibility index (Phi) is 4.78. The zero-order chi connectivity index (χ0) is 9.52. The summed E-state index contributed by atoms with van der Waals surface area (Å²) in [5.41, 5.74) is 5.52. The summed E-state index contributed by atoms with van der Waals surface area (Å²) in [4.78, 5) is 4.14. The molecule has 4 heteroatoms. The molecular weight excluding hydrogens is 182 g/mol. The average Bonchev–Trinajstić information content (AvgIpc) is 2.64. The maximum Gasteiger partial charge on any atom is 0.182 e. The van der Waals surface area contributed by atoms with E-state index in [2.05, 4.69) is 17.2 Å².